The van der Waals surface area contributed by atoms with Crippen LogP contribution in [0.5, 0.6) is 5.75 Å². The van der Waals surface area contributed by atoms with Crippen LogP contribution < -0.4 is 4.74 Å². The lowest BCUT2D eigenvalue weighted by Gasteiger charge is -2.33. The SMILES string of the molecule is CCOC(=O)C1CCCN(C(=O)CN(C)C(=O)C(C)Oc2ccc(Cl)cc2)C1. The molecule has 2 atom stereocenters. The van der Waals surface area contributed by atoms with Crippen LogP contribution in [0.4, 0.5) is 0 Å². The highest BCUT2D eigenvalue weighted by atomic mass is 35.5. The topological polar surface area (TPSA) is 76.2 Å². The van der Waals surface area contributed by atoms with E-state index in [2.05, 4.69) is 0 Å². The molecule has 28 heavy (non-hydrogen) atoms. The van der Waals surface area contributed by atoms with E-state index in [9.17, 15) is 14.4 Å². The van der Waals surface area contributed by atoms with Gasteiger partial charge in [0.15, 0.2) is 6.10 Å². The van der Waals surface area contributed by atoms with Gasteiger partial charge in [0.05, 0.1) is 19.1 Å². The summed E-state index contributed by atoms with van der Waals surface area (Å²) in [6.07, 6.45) is 0.708. The van der Waals surface area contributed by atoms with E-state index >= 15 is 0 Å². The maximum Gasteiger partial charge on any atom is 0.310 e. The van der Waals surface area contributed by atoms with Crippen molar-refractivity contribution in [3.8, 4) is 5.75 Å². The number of amides is 2. The number of nitrogens with zero attached hydrogens (tertiary/aromatic N) is 2. The van der Waals surface area contributed by atoms with E-state index in [1.807, 2.05) is 0 Å². The molecule has 0 saturated carbocycles. The summed E-state index contributed by atoms with van der Waals surface area (Å²) in [5.41, 5.74) is 0. The molecule has 1 aliphatic heterocycles. The van der Waals surface area contributed by atoms with Crippen LogP contribution in [0.2, 0.25) is 5.02 Å². The van der Waals surface area contributed by atoms with Crippen molar-refractivity contribution in [3.63, 3.8) is 0 Å². The summed E-state index contributed by atoms with van der Waals surface area (Å²) in [4.78, 5) is 40.0. The molecule has 0 radical (unpaired) electrons. The van der Waals surface area contributed by atoms with Crippen molar-refractivity contribution >= 4 is 29.4 Å². The number of carbonyl (C=O) groups excluding carboxylic acids is 3. The molecular formula is C20H27ClN2O5. The first-order valence-corrected chi connectivity index (χ1v) is 9.81. The fourth-order valence-electron chi connectivity index (χ4n) is 3.12. The average molecular weight is 411 g/mol. The molecule has 8 heteroatoms. The Morgan fingerprint density at radius 3 is 2.61 bits per heavy atom. The van der Waals surface area contributed by atoms with E-state index in [4.69, 9.17) is 21.1 Å². The molecule has 1 aromatic carbocycles. The van der Waals surface area contributed by atoms with Gasteiger partial charge in [0.2, 0.25) is 5.91 Å². The van der Waals surface area contributed by atoms with Gasteiger partial charge in [0.1, 0.15) is 5.75 Å². The quantitative estimate of drug-likeness (QED) is 0.645. The summed E-state index contributed by atoms with van der Waals surface area (Å²) in [6.45, 7) is 4.56. The molecule has 1 aromatic rings. The van der Waals surface area contributed by atoms with Crippen LogP contribution in [0, 0.1) is 5.92 Å². The number of piperidine rings is 1. The Hall–Kier alpha value is -2.28. The third kappa shape index (κ3) is 6.12. The first-order valence-electron chi connectivity index (χ1n) is 9.43. The maximum absolute atomic E-state index is 12.6. The highest BCUT2D eigenvalue weighted by Crippen LogP contribution is 2.19. The molecule has 0 spiro atoms. The van der Waals surface area contributed by atoms with Gasteiger partial charge in [-0.1, -0.05) is 11.6 Å². The number of benzene rings is 1. The highest BCUT2D eigenvalue weighted by molar-refractivity contribution is 6.30. The normalized spacial score (nSPS) is 17.6. The minimum Gasteiger partial charge on any atom is -0.481 e. The Kier molecular flexibility index (Phi) is 8.11. The zero-order valence-corrected chi connectivity index (χ0v) is 17.3. The van der Waals surface area contributed by atoms with Crippen LogP contribution in [-0.4, -0.2) is 67.0 Å². The lowest BCUT2D eigenvalue weighted by atomic mass is 9.98. The smallest absolute Gasteiger partial charge is 0.310 e. The van der Waals surface area contributed by atoms with E-state index in [0.717, 1.165) is 6.42 Å². The first-order chi connectivity index (χ1) is 13.3. The molecule has 154 valence electrons. The second-order valence-corrected chi connectivity index (χ2v) is 7.28. The molecule has 0 aliphatic carbocycles. The fraction of sp³-hybridized carbons (Fsp3) is 0.550. The number of hydrogen-bond donors (Lipinski definition) is 0. The molecular weight excluding hydrogens is 384 g/mol. The lowest BCUT2D eigenvalue weighted by Crippen LogP contribution is -2.48. The Balaban J connectivity index is 1.87. The van der Waals surface area contributed by atoms with Gasteiger partial charge in [-0.05, 0) is 51.0 Å². The molecule has 0 aromatic heterocycles. The van der Waals surface area contributed by atoms with Gasteiger partial charge in [-0.3, -0.25) is 14.4 Å². The van der Waals surface area contributed by atoms with Gasteiger partial charge < -0.3 is 19.3 Å². The highest BCUT2D eigenvalue weighted by Gasteiger charge is 2.30. The standard InChI is InChI=1S/C20H27ClN2O5/c1-4-27-20(26)15-6-5-11-23(12-15)18(24)13-22(3)19(25)14(2)28-17-9-7-16(21)8-10-17/h7-10,14-15H,4-6,11-13H2,1-3H3. The van der Waals surface area contributed by atoms with Crippen LogP contribution >= 0.6 is 11.6 Å². The zero-order valence-electron chi connectivity index (χ0n) is 16.5. The van der Waals surface area contributed by atoms with E-state index in [0.29, 0.717) is 36.9 Å². The largest absolute Gasteiger partial charge is 0.481 e. The Labute approximate surface area is 170 Å². The average Bonchev–Trinajstić information content (AvgIpc) is 2.69. The Bertz CT molecular complexity index is 694. The number of ether oxygens (including phenoxy) is 2. The third-order valence-electron chi connectivity index (χ3n) is 4.62. The summed E-state index contributed by atoms with van der Waals surface area (Å²) in [5, 5.41) is 0.580. The van der Waals surface area contributed by atoms with Crippen molar-refractivity contribution in [1.29, 1.82) is 0 Å². The van der Waals surface area contributed by atoms with Crippen molar-refractivity contribution in [3.05, 3.63) is 29.3 Å². The number of carbonyl (C=O) groups is 3. The predicted octanol–water partition coefficient (Wildman–Crippen LogP) is 2.37. The monoisotopic (exact) mass is 410 g/mol. The molecule has 1 fully saturated rings. The summed E-state index contributed by atoms with van der Waals surface area (Å²) in [5.74, 6) is -0.538. The minimum absolute atomic E-state index is 0.0668. The number of rotatable bonds is 7. The summed E-state index contributed by atoms with van der Waals surface area (Å²) >= 11 is 5.84. The van der Waals surface area contributed by atoms with Crippen molar-refractivity contribution in [2.75, 3.05) is 33.3 Å². The molecule has 2 amide bonds. The van der Waals surface area contributed by atoms with E-state index in [-0.39, 0.29) is 30.2 Å². The number of esters is 1. The van der Waals surface area contributed by atoms with Gasteiger partial charge in [0.25, 0.3) is 5.91 Å². The van der Waals surface area contributed by atoms with Crippen molar-refractivity contribution in [2.45, 2.75) is 32.8 Å². The molecule has 2 unspecified atom stereocenters. The van der Waals surface area contributed by atoms with E-state index in [1.165, 1.54) is 4.90 Å². The molecule has 1 saturated heterocycles. The second-order valence-electron chi connectivity index (χ2n) is 6.84. The van der Waals surface area contributed by atoms with Gasteiger partial charge in [-0.15, -0.1) is 0 Å². The van der Waals surface area contributed by atoms with Crippen molar-refractivity contribution < 1.29 is 23.9 Å². The second kappa shape index (κ2) is 10.3. The van der Waals surface area contributed by atoms with Gasteiger partial charge in [0, 0.05) is 25.2 Å². The first kappa shape index (κ1) is 22.0. The lowest BCUT2D eigenvalue weighted by molar-refractivity contribution is -0.152. The van der Waals surface area contributed by atoms with Gasteiger partial charge in [-0.25, -0.2) is 0 Å². The molecule has 0 bridgehead atoms. The molecule has 1 heterocycles. The van der Waals surface area contributed by atoms with Crippen LogP contribution in [0.25, 0.3) is 0 Å². The van der Waals surface area contributed by atoms with Crippen LogP contribution in [0.15, 0.2) is 24.3 Å². The van der Waals surface area contributed by atoms with Crippen LogP contribution in [0.3, 0.4) is 0 Å². The summed E-state index contributed by atoms with van der Waals surface area (Å²) in [6, 6.07) is 6.72. The zero-order chi connectivity index (χ0) is 20.7. The number of halogens is 1. The summed E-state index contributed by atoms with van der Waals surface area (Å²) < 4.78 is 10.7. The Morgan fingerprint density at radius 1 is 1.29 bits per heavy atom. The predicted molar refractivity (Wildman–Crippen MR) is 105 cm³/mol. The molecule has 2 rings (SSSR count). The fourth-order valence-corrected chi connectivity index (χ4v) is 3.24. The molecule has 0 N–H and O–H groups in total. The molecule has 7 nitrogen and oxygen atoms in total. The number of hydrogen-bond acceptors (Lipinski definition) is 5. The molecule has 1 aliphatic rings. The van der Waals surface area contributed by atoms with Crippen LogP contribution in [-0.2, 0) is 19.1 Å². The summed E-state index contributed by atoms with van der Waals surface area (Å²) in [7, 11) is 1.56. The maximum atomic E-state index is 12.6. The van der Waals surface area contributed by atoms with E-state index in [1.54, 1.807) is 50.1 Å². The van der Waals surface area contributed by atoms with E-state index < -0.39 is 6.10 Å². The third-order valence-corrected chi connectivity index (χ3v) is 4.87. The minimum atomic E-state index is -0.743. The van der Waals surface area contributed by atoms with Gasteiger partial charge >= 0.3 is 5.97 Å². The number of likely N-dealkylation sites (N-methyl/N-ethyl adjacent to an activating group) is 1. The van der Waals surface area contributed by atoms with Gasteiger partial charge in [-0.2, -0.15) is 0 Å². The van der Waals surface area contributed by atoms with Crippen molar-refractivity contribution in [2.24, 2.45) is 5.92 Å². The number of likely N-dealkylation sites (tertiary alicyclic amines) is 1. The van der Waals surface area contributed by atoms with Crippen molar-refractivity contribution in [1.82, 2.24) is 9.80 Å². The van der Waals surface area contributed by atoms with Crippen LogP contribution in [0.1, 0.15) is 26.7 Å². The Morgan fingerprint density at radius 2 is 1.96 bits per heavy atom.